The normalized spacial score (nSPS) is 17.0. The molecule has 1 fully saturated rings. The molecule has 0 saturated carbocycles. The lowest BCUT2D eigenvalue weighted by molar-refractivity contribution is -0.133. The van der Waals surface area contributed by atoms with E-state index in [1.807, 2.05) is 0 Å². The van der Waals surface area contributed by atoms with Gasteiger partial charge in [-0.2, -0.15) is 4.31 Å². The summed E-state index contributed by atoms with van der Waals surface area (Å²) < 4.78 is 31.8. The first-order chi connectivity index (χ1) is 11.8. The molecule has 1 aliphatic heterocycles. The van der Waals surface area contributed by atoms with Crippen molar-refractivity contribution >= 4 is 39.3 Å². The number of sulfonamides is 1. The minimum absolute atomic E-state index is 0.0954. The number of carboxylic acids is 1. The molecule has 0 aliphatic carbocycles. The Labute approximate surface area is 150 Å². The quantitative estimate of drug-likeness (QED) is 0.712. The van der Waals surface area contributed by atoms with Crippen molar-refractivity contribution in [3.63, 3.8) is 0 Å². The summed E-state index contributed by atoms with van der Waals surface area (Å²) in [4.78, 5) is 22.7. The number of carbonyl (C=O) groups is 2. The maximum absolute atomic E-state index is 12.6. The molecule has 2 N–H and O–H groups in total. The highest BCUT2D eigenvalue weighted by Gasteiger charge is 2.26. The van der Waals surface area contributed by atoms with Gasteiger partial charge in [0, 0.05) is 18.8 Å². The molecule has 1 atom stereocenters. The maximum atomic E-state index is 12.6. The van der Waals surface area contributed by atoms with Crippen molar-refractivity contribution in [2.75, 3.05) is 37.4 Å². The zero-order valence-corrected chi connectivity index (χ0v) is 15.3. The van der Waals surface area contributed by atoms with E-state index in [0.29, 0.717) is 32.0 Å². The highest BCUT2D eigenvalue weighted by Crippen LogP contribution is 2.21. The van der Waals surface area contributed by atoms with E-state index in [2.05, 4.69) is 5.32 Å². The second-order valence-electron chi connectivity index (χ2n) is 5.38. The molecule has 1 amide bonds. The topological polar surface area (TPSA) is 113 Å². The number of anilines is 1. The number of morpholine rings is 1. The number of nitrogens with one attached hydrogen (secondary N) is 1. The molecule has 0 unspecified atom stereocenters. The first-order valence-corrected chi connectivity index (χ1v) is 10.1. The number of nitrogens with zero attached hydrogens (tertiary/aromatic N) is 1. The summed E-state index contributed by atoms with van der Waals surface area (Å²) in [6.07, 6.45) is 0. The Hall–Kier alpha value is -1.62. The smallest absolute Gasteiger partial charge is 0.313 e. The molecule has 1 aromatic carbocycles. The van der Waals surface area contributed by atoms with Crippen LogP contribution in [-0.2, 0) is 24.3 Å². The molecule has 8 nitrogen and oxygen atoms in total. The summed E-state index contributed by atoms with van der Waals surface area (Å²) in [7, 11) is -3.64. The molecule has 0 spiro atoms. The van der Waals surface area contributed by atoms with Crippen LogP contribution in [0.25, 0.3) is 0 Å². The molecule has 138 valence electrons. The minimum Gasteiger partial charge on any atom is -0.481 e. The number of carboxylic acid groups (broad SMARTS) is 1. The second kappa shape index (κ2) is 8.65. The van der Waals surface area contributed by atoms with Gasteiger partial charge >= 0.3 is 5.97 Å². The van der Waals surface area contributed by atoms with E-state index < -0.39 is 21.2 Å². The lowest BCUT2D eigenvalue weighted by atomic mass is 10.3. The molecule has 2 rings (SSSR count). The number of amides is 1. The Bertz CT molecular complexity index is 731. The van der Waals surface area contributed by atoms with Gasteiger partial charge in [-0.15, -0.1) is 11.8 Å². The molecule has 1 heterocycles. The van der Waals surface area contributed by atoms with Crippen molar-refractivity contribution in [2.45, 2.75) is 17.1 Å². The van der Waals surface area contributed by atoms with Crippen LogP contribution in [0.5, 0.6) is 0 Å². The van der Waals surface area contributed by atoms with Crippen LogP contribution < -0.4 is 5.32 Å². The van der Waals surface area contributed by atoms with E-state index in [1.165, 1.54) is 16.4 Å². The van der Waals surface area contributed by atoms with Gasteiger partial charge in [-0.3, -0.25) is 9.59 Å². The summed E-state index contributed by atoms with van der Waals surface area (Å²) in [5, 5.41) is 10.7. The molecule has 10 heteroatoms. The zero-order chi connectivity index (χ0) is 18.4. The molecular weight excluding hydrogens is 368 g/mol. The lowest BCUT2D eigenvalue weighted by Gasteiger charge is -2.26. The number of thioether (sulfide) groups is 1. The van der Waals surface area contributed by atoms with Crippen molar-refractivity contribution in [1.29, 1.82) is 0 Å². The van der Waals surface area contributed by atoms with Crippen molar-refractivity contribution in [2.24, 2.45) is 0 Å². The number of benzene rings is 1. The van der Waals surface area contributed by atoms with Gasteiger partial charge in [0.1, 0.15) is 0 Å². The third-order valence-corrected chi connectivity index (χ3v) is 6.56. The summed E-state index contributed by atoms with van der Waals surface area (Å²) in [5.74, 6) is -1.56. The van der Waals surface area contributed by atoms with Crippen LogP contribution in [0.4, 0.5) is 5.69 Å². The fourth-order valence-electron chi connectivity index (χ4n) is 2.19. The minimum atomic E-state index is -3.64. The van der Waals surface area contributed by atoms with Crippen molar-refractivity contribution in [1.82, 2.24) is 4.31 Å². The molecule has 25 heavy (non-hydrogen) atoms. The van der Waals surface area contributed by atoms with E-state index >= 15 is 0 Å². The van der Waals surface area contributed by atoms with Gasteiger partial charge in [0.05, 0.1) is 29.1 Å². The van der Waals surface area contributed by atoms with Gasteiger partial charge in [0.25, 0.3) is 0 Å². The highest BCUT2D eigenvalue weighted by atomic mass is 32.2. The predicted octanol–water partition coefficient (Wildman–Crippen LogP) is 0.852. The van der Waals surface area contributed by atoms with Crippen LogP contribution in [0, 0.1) is 0 Å². The van der Waals surface area contributed by atoms with E-state index in [0.717, 1.165) is 11.8 Å². The van der Waals surface area contributed by atoms with E-state index in [4.69, 9.17) is 9.84 Å². The zero-order valence-electron chi connectivity index (χ0n) is 13.7. The number of hydrogen-bond donors (Lipinski definition) is 2. The standard InChI is InChI=1S/C15H20N2O6S2/c1-11(24-10-14(18)19)15(20)16-12-3-2-4-13(9-12)25(21,22)17-5-7-23-8-6-17/h2-4,9,11H,5-8,10H2,1H3,(H,16,20)(H,18,19)/t11-/m1/s1. The Kier molecular flexibility index (Phi) is 6.82. The van der Waals surface area contributed by atoms with Crippen molar-refractivity contribution in [3.8, 4) is 0 Å². The number of rotatable bonds is 7. The van der Waals surface area contributed by atoms with Gasteiger partial charge in [-0.05, 0) is 25.1 Å². The fourth-order valence-corrected chi connectivity index (χ4v) is 4.24. The third kappa shape index (κ3) is 5.43. The van der Waals surface area contributed by atoms with Crippen molar-refractivity contribution in [3.05, 3.63) is 24.3 Å². The van der Waals surface area contributed by atoms with Crippen LogP contribution in [0.15, 0.2) is 29.2 Å². The van der Waals surface area contributed by atoms with Crippen molar-refractivity contribution < 1.29 is 27.9 Å². The molecular formula is C15H20N2O6S2. The Morgan fingerprint density at radius 1 is 1.36 bits per heavy atom. The van der Waals surface area contributed by atoms with Crippen LogP contribution in [0.3, 0.4) is 0 Å². The summed E-state index contributed by atoms with van der Waals surface area (Å²) in [5.41, 5.74) is 0.349. The molecule has 0 bridgehead atoms. The van der Waals surface area contributed by atoms with Gasteiger partial charge in [0.2, 0.25) is 15.9 Å². The maximum Gasteiger partial charge on any atom is 0.313 e. The first kappa shape index (κ1) is 19.7. The van der Waals surface area contributed by atoms with Crippen LogP contribution in [-0.4, -0.2) is 67.0 Å². The lowest BCUT2D eigenvalue weighted by Crippen LogP contribution is -2.40. The van der Waals surface area contributed by atoms with Gasteiger partial charge < -0.3 is 15.2 Å². The van der Waals surface area contributed by atoms with E-state index in [1.54, 1.807) is 19.1 Å². The van der Waals surface area contributed by atoms with Gasteiger partial charge in [-0.25, -0.2) is 8.42 Å². The molecule has 1 saturated heterocycles. The second-order valence-corrected chi connectivity index (χ2v) is 8.65. The molecule has 1 aromatic rings. The average Bonchev–Trinajstić information content (AvgIpc) is 2.60. The Balaban J connectivity index is 2.07. The van der Waals surface area contributed by atoms with Gasteiger partial charge in [0.15, 0.2) is 0 Å². The Morgan fingerprint density at radius 3 is 2.68 bits per heavy atom. The van der Waals surface area contributed by atoms with Crippen LogP contribution in [0.2, 0.25) is 0 Å². The fraction of sp³-hybridized carbons (Fsp3) is 0.467. The van der Waals surface area contributed by atoms with Crippen LogP contribution >= 0.6 is 11.8 Å². The number of carbonyl (C=O) groups excluding carboxylic acids is 1. The number of aliphatic carboxylic acids is 1. The largest absolute Gasteiger partial charge is 0.481 e. The molecule has 0 radical (unpaired) electrons. The SMILES string of the molecule is C[C@@H](SCC(=O)O)C(=O)Nc1cccc(S(=O)(=O)N2CCOCC2)c1. The number of hydrogen-bond acceptors (Lipinski definition) is 6. The van der Waals surface area contributed by atoms with Crippen LogP contribution in [0.1, 0.15) is 6.92 Å². The summed E-state index contributed by atoms with van der Waals surface area (Å²) >= 11 is 0.992. The predicted molar refractivity (Wildman–Crippen MR) is 94.2 cm³/mol. The molecule has 1 aliphatic rings. The van der Waals surface area contributed by atoms with E-state index in [-0.39, 0.29) is 16.6 Å². The molecule has 0 aromatic heterocycles. The average molecular weight is 388 g/mol. The Morgan fingerprint density at radius 2 is 2.04 bits per heavy atom. The van der Waals surface area contributed by atoms with Gasteiger partial charge in [-0.1, -0.05) is 6.07 Å². The third-order valence-electron chi connectivity index (χ3n) is 3.54. The summed E-state index contributed by atoms with van der Waals surface area (Å²) in [6, 6.07) is 6.02. The van der Waals surface area contributed by atoms with E-state index in [9.17, 15) is 18.0 Å². The highest BCUT2D eigenvalue weighted by molar-refractivity contribution is 8.01. The monoisotopic (exact) mass is 388 g/mol. The first-order valence-electron chi connectivity index (χ1n) is 7.63. The summed E-state index contributed by atoms with van der Waals surface area (Å²) in [6.45, 7) is 2.89. The number of ether oxygens (including phenoxy) is 1.